The van der Waals surface area contributed by atoms with Crippen LogP contribution in [0, 0.1) is 27.7 Å². The summed E-state index contributed by atoms with van der Waals surface area (Å²) in [4.78, 5) is 4.65. The molecule has 0 atom stereocenters. The number of hydrogen-bond acceptors (Lipinski definition) is 3. The van der Waals surface area contributed by atoms with Crippen LogP contribution < -0.4 is 15.1 Å². The van der Waals surface area contributed by atoms with E-state index in [0.717, 1.165) is 34.1 Å². The summed E-state index contributed by atoms with van der Waals surface area (Å²) < 4.78 is 0. The van der Waals surface area contributed by atoms with Gasteiger partial charge in [0.2, 0.25) is 0 Å². The lowest BCUT2D eigenvalue weighted by molar-refractivity contribution is 1.25. The van der Waals surface area contributed by atoms with Crippen LogP contribution in [0.2, 0.25) is 0 Å². The zero-order chi connectivity index (χ0) is 37.7. The van der Waals surface area contributed by atoms with E-state index in [2.05, 4.69) is 237 Å². The van der Waals surface area contributed by atoms with E-state index in [1.807, 2.05) is 0 Å². The molecule has 0 saturated heterocycles. The van der Waals surface area contributed by atoms with E-state index in [0.29, 0.717) is 0 Å². The van der Waals surface area contributed by atoms with Crippen molar-refractivity contribution >= 4 is 45.5 Å². The van der Waals surface area contributed by atoms with Gasteiger partial charge in [-0.25, -0.2) is 0 Å². The molecule has 0 aliphatic heterocycles. The number of nitrogens with one attached hydrogen (secondary N) is 1. The fourth-order valence-corrected chi connectivity index (χ4v) is 7.45. The molecule has 0 bridgehead atoms. The number of nitrogens with zero attached hydrogens (tertiary/aromatic N) is 2. The Labute approximate surface area is 325 Å². The molecule has 8 aromatic rings. The van der Waals surface area contributed by atoms with Crippen molar-refractivity contribution in [3.05, 3.63) is 216 Å². The molecule has 0 unspecified atom stereocenters. The third-order valence-electron chi connectivity index (χ3n) is 10.3. The van der Waals surface area contributed by atoms with Gasteiger partial charge >= 0.3 is 0 Å². The molecule has 0 aliphatic rings. The average Bonchev–Trinajstić information content (AvgIpc) is 3.22. The molecular formula is C52H45N3. The fourth-order valence-electron chi connectivity index (χ4n) is 7.45. The Hall–Kier alpha value is -6.84. The largest absolute Gasteiger partial charge is 0.355 e. The maximum atomic E-state index is 3.73. The molecule has 3 heteroatoms. The summed E-state index contributed by atoms with van der Waals surface area (Å²) in [5, 5.41) is 3.73. The maximum Gasteiger partial charge on any atom is 0.0491 e. The highest BCUT2D eigenvalue weighted by Crippen LogP contribution is 2.40. The highest BCUT2D eigenvalue weighted by molar-refractivity contribution is 5.83. The van der Waals surface area contributed by atoms with E-state index in [1.54, 1.807) is 0 Å². The quantitative estimate of drug-likeness (QED) is 0.152. The van der Waals surface area contributed by atoms with Gasteiger partial charge in [0.15, 0.2) is 0 Å². The second-order valence-electron chi connectivity index (χ2n) is 14.2. The molecule has 0 saturated carbocycles. The minimum Gasteiger partial charge on any atom is -0.355 e. The average molecular weight is 712 g/mol. The third-order valence-corrected chi connectivity index (χ3v) is 10.3. The van der Waals surface area contributed by atoms with Crippen molar-refractivity contribution in [3.8, 4) is 22.3 Å². The highest BCUT2D eigenvalue weighted by Gasteiger charge is 2.17. The predicted molar refractivity (Wildman–Crippen MR) is 235 cm³/mol. The molecule has 0 fully saturated rings. The number of anilines is 8. The van der Waals surface area contributed by atoms with Crippen LogP contribution in [-0.4, -0.2) is 0 Å². The van der Waals surface area contributed by atoms with Gasteiger partial charge in [0.05, 0.1) is 0 Å². The van der Waals surface area contributed by atoms with Crippen molar-refractivity contribution in [1.29, 1.82) is 0 Å². The molecule has 0 aromatic heterocycles. The Morgan fingerprint density at radius 2 is 0.564 bits per heavy atom. The van der Waals surface area contributed by atoms with Gasteiger partial charge in [-0.1, -0.05) is 97.1 Å². The molecule has 0 amide bonds. The monoisotopic (exact) mass is 711 g/mol. The molecule has 0 heterocycles. The number of aryl methyl sites for hydroxylation is 4. The van der Waals surface area contributed by atoms with Crippen LogP contribution in [0.25, 0.3) is 22.3 Å². The molecule has 8 rings (SSSR count). The first kappa shape index (κ1) is 35.2. The maximum absolute atomic E-state index is 3.73. The summed E-state index contributed by atoms with van der Waals surface area (Å²) in [5.41, 5.74) is 18.8. The van der Waals surface area contributed by atoms with Crippen molar-refractivity contribution in [3.63, 3.8) is 0 Å². The number of hydrogen-bond donors (Lipinski definition) is 1. The summed E-state index contributed by atoms with van der Waals surface area (Å²) in [6.07, 6.45) is 0. The number of para-hydroxylation sites is 4. The Morgan fingerprint density at radius 1 is 0.291 bits per heavy atom. The molecule has 268 valence electrons. The van der Waals surface area contributed by atoms with Crippen LogP contribution in [-0.2, 0) is 0 Å². The zero-order valence-corrected chi connectivity index (χ0v) is 31.9. The van der Waals surface area contributed by atoms with Crippen LogP contribution in [0.5, 0.6) is 0 Å². The highest BCUT2D eigenvalue weighted by atomic mass is 15.1. The molecule has 0 aliphatic carbocycles. The molecule has 0 radical (unpaired) electrons. The lowest BCUT2D eigenvalue weighted by Gasteiger charge is -2.27. The molecule has 1 N–H and O–H groups in total. The summed E-state index contributed by atoms with van der Waals surface area (Å²) in [6, 6.07) is 69.3. The van der Waals surface area contributed by atoms with Crippen molar-refractivity contribution < 1.29 is 0 Å². The van der Waals surface area contributed by atoms with Crippen LogP contribution in [0.1, 0.15) is 22.3 Å². The third kappa shape index (κ3) is 7.51. The molecular weight excluding hydrogens is 667 g/mol. The van der Waals surface area contributed by atoms with Gasteiger partial charge in [0.1, 0.15) is 0 Å². The second-order valence-corrected chi connectivity index (χ2v) is 14.2. The SMILES string of the molecule is Cc1cc(-c2ccc(N(c3ccccc3)c3ccccc3)c(C)c2)ccc1Nc1ccc(-c2ccc(N(c3ccccc3)c3ccccc3)c(C)c2)cc1C. The normalized spacial score (nSPS) is 10.9. The van der Waals surface area contributed by atoms with Crippen molar-refractivity contribution in [1.82, 2.24) is 0 Å². The minimum absolute atomic E-state index is 1.11. The van der Waals surface area contributed by atoms with Gasteiger partial charge in [-0.2, -0.15) is 0 Å². The van der Waals surface area contributed by atoms with E-state index >= 15 is 0 Å². The van der Waals surface area contributed by atoms with Gasteiger partial charge in [0, 0.05) is 45.5 Å². The van der Waals surface area contributed by atoms with Crippen LogP contribution in [0.4, 0.5) is 45.5 Å². The van der Waals surface area contributed by atoms with Crippen molar-refractivity contribution in [2.24, 2.45) is 0 Å². The standard InChI is InChI=1S/C52H45N3/c1-37-33-41(43-27-31-51(39(3)35-43)54(45-17-9-5-10-18-45)46-19-11-6-12-20-46)25-29-49(37)53-50-30-26-42(34-38(50)2)44-28-32-52(40(4)36-44)55(47-21-13-7-14-22-47)48-23-15-8-16-24-48/h5-36,53H,1-4H3. The van der Waals surface area contributed by atoms with Crippen LogP contribution >= 0.6 is 0 Å². The summed E-state index contributed by atoms with van der Waals surface area (Å²) in [7, 11) is 0. The topological polar surface area (TPSA) is 18.5 Å². The van der Waals surface area contributed by atoms with Gasteiger partial charge in [-0.15, -0.1) is 0 Å². The van der Waals surface area contributed by atoms with E-state index in [9.17, 15) is 0 Å². The van der Waals surface area contributed by atoms with Gasteiger partial charge < -0.3 is 15.1 Å². The first-order valence-corrected chi connectivity index (χ1v) is 18.9. The Morgan fingerprint density at radius 3 is 0.836 bits per heavy atom. The van der Waals surface area contributed by atoms with Crippen molar-refractivity contribution in [2.75, 3.05) is 15.1 Å². The van der Waals surface area contributed by atoms with Gasteiger partial charge in [-0.05, 0) is 169 Å². The Bertz CT molecular complexity index is 2290. The van der Waals surface area contributed by atoms with Gasteiger partial charge in [-0.3, -0.25) is 0 Å². The smallest absolute Gasteiger partial charge is 0.0491 e. The van der Waals surface area contributed by atoms with Gasteiger partial charge in [0.25, 0.3) is 0 Å². The Kier molecular flexibility index (Phi) is 10.0. The minimum atomic E-state index is 1.11. The first-order chi connectivity index (χ1) is 26.9. The molecule has 8 aromatic carbocycles. The van der Waals surface area contributed by atoms with E-state index in [4.69, 9.17) is 0 Å². The van der Waals surface area contributed by atoms with E-state index in [1.165, 1.54) is 55.9 Å². The summed E-state index contributed by atoms with van der Waals surface area (Å²) in [6.45, 7) is 8.77. The lowest BCUT2D eigenvalue weighted by atomic mass is 9.98. The predicted octanol–water partition coefficient (Wildman–Crippen LogP) is 14.9. The summed E-state index contributed by atoms with van der Waals surface area (Å²) in [5.74, 6) is 0. The van der Waals surface area contributed by atoms with E-state index in [-0.39, 0.29) is 0 Å². The lowest BCUT2D eigenvalue weighted by Crippen LogP contribution is -2.11. The Balaban J connectivity index is 1.01. The van der Waals surface area contributed by atoms with Crippen molar-refractivity contribution in [2.45, 2.75) is 27.7 Å². The zero-order valence-electron chi connectivity index (χ0n) is 31.9. The first-order valence-electron chi connectivity index (χ1n) is 18.9. The van der Waals surface area contributed by atoms with Crippen LogP contribution in [0.15, 0.2) is 194 Å². The van der Waals surface area contributed by atoms with Crippen LogP contribution in [0.3, 0.4) is 0 Å². The molecule has 3 nitrogen and oxygen atoms in total. The molecule has 55 heavy (non-hydrogen) atoms. The molecule has 0 spiro atoms. The van der Waals surface area contributed by atoms with E-state index < -0.39 is 0 Å². The fraction of sp³-hybridized carbons (Fsp3) is 0.0769. The summed E-state index contributed by atoms with van der Waals surface area (Å²) >= 11 is 0. The number of rotatable bonds is 10. The number of benzene rings is 8. The second kappa shape index (κ2) is 15.6.